The molecule has 1 unspecified atom stereocenters. The minimum absolute atomic E-state index is 0.255. The Morgan fingerprint density at radius 2 is 1.85 bits per heavy atom. The minimum atomic E-state index is -0.581. The summed E-state index contributed by atoms with van der Waals surface area (Å²) in [5, 5.41) is 13.0. The van der Waals surface area contributed by atoms with Crippen molar-refractivity contribution in [2.24, 2.45) is 5.92 Å². The molecule has 0 aliphatic carbocycles. The average molecular weight is 281 g/mol. The zero-order valence-corrected chi connectivity index (χ0v) is 12.8. The molecule has 0 aliphatic rings. The van der Waals surface area contributed by atoms with E-state index < -0.39 is 6.10 Å². The SMILES string of the molecule is CCOCC(O)COc1ccc(CNCC(C)C)cc1. The summed E-state index contributed by atoms with van der Waals surface area (Å²) < 4.78 is 10.6. The topological polar surface area (TPSA) is 50.7 Å². The van der Waals surface area contributed by atoms with E-state index in [1.807, 2.05) is 31.2 Å². The smallest absolute Gasteiger partial charge is 0.119 e. The van der Waals surface area contributed by atoms with Gasteiger partial charge < -0.3 is 19.9 Å². The highest BCUT2D eigenvalue weighted by Gasteiger charge is 2.05. The molecule has 0 amide bonds. The Balaban J connectivity index is 2.27. The maximum atomic E-state index is 9.60. The van der Waals surface area contributed by atoms with E-state index in [0.29, 0.717) is 19.1 Å². The number of nitrogens with one attached hydrogen (secondary N) is 1. The van der Waals surface area contributed by atoms with E-state index in [1.165, 1.54) is 5.56 Å². The highest BCUT2D eigenvalue weighted by molar-refractivity contribution is 5.27. The minimum Gasteiger partial charge on any atom is -0.491 e. The van der Waals surface area contributed by atoms with Gasteiger partial charge in [-0.05, 0) is 37.1 Å². The highest BCUT2D eigenvalue weighted by atomic mass is 16.5. The van der Waals surface area contributed by atoms with Gasteiger partial charge in [0.05, 0.1) is 6.61 Å². The lowest BCUT2D eigenvalue weighted by Gasteiger charge is -2.12. The Labute approximate surface area is 122 Å². The maximum absolute atomic E-state index is 9.60. The van der Waals surface area contributed by atoms with Gasteiger partial charge in [-0.25, -0.2) is 0 Å². The van der Waals surface area contributed by atoms with E-state index >= 15 is 0 Å². The molecule has 0 saturated carbocycles. The van der Waals surface area contributed by atoms with Gasteiger partial charge in [-0.3, -0.25) is 0 Å². The molecular weight excluding hydrogens is 254 g/mol. The molecule has 0 aromatic heterocycles. The van der Waals surface area contributed by atoms with Crippen LogP contribution >= 0.6 is 0 Å². The van der Waals surface area contributed by atoms with Crippen LogP contribution in [0.1, 0.15) is 26.3 Å². The monoisotopic (exact) mass is 281 g/mol. The lowest BCUT2D eigenvalue weighted by Crippen LogP contribution is -2.23. The zero-order chi connectivity index (χ0) is 14.8. The van der Waals surface area contributed by atoms with Crippen LogP contribution in [0.3, 0.4) is 0 Å². The molecule has 0 aliphatic heterocycles. The molecule has 0 heterocycles. The predicted molar refractivity (Wildman–Crippen MR) is 81.0 cm³/mol. The molecule has 0 bridgehead atoms. The first-order chi connectivity index (χ1) is 9.61. The van der Waals surface area contributed by atoms with Gasteiger partial charge in [0.2, 0.25) is 0 Å². The fourth-order valence-corrected chi connectivity index (χ4v) is 1.70. The van der Waals surface area contributed by atoms with Crippen molar-refractivity contribution in [1.82, 2.24) is 5.32 Å². The summed E-state index contributed by atoms with van der Waals surface area (Å²) in [5.41, 5.74) is 1.23. The number of hydrogen-bond acceptors (Lipinski definition) is 4. The number of ether oxygens (including phenoxy) is 2. The molecule has 1 aromatic carbocycles. The van der Waals surface area contributed by atoms with Gasteiger partial charge in [0, 0.05) is 13.2 Å². The van der Waals surface area contributed by atoms with Gasteiger partial charge in [0.1, 0.15) is 18.5 Å². The number of hydrogen-bond donors (Lipinski definition) is 2. The molecule has 1 aromatic rings. The second-order valence-electron chi connectivity index (χ2n) is 5.29. The number of benzene rings is 1. The van der Waals surface area contributed by atoms with Crippen LogP contribution in [0.25, 0.3) is 0 Å². The van der Waals surface area contributed by atoms with Gasteiger partial charge in [-0.15, -0.1) is 0 Å². The molecule has 4 nitrogen and oxygen atoms in total. The van der Waals surface area contributed by atoms with Crippen molar-refractivity contribution in [3.63, 3.8) is 0 Å². The number of rotatable bonds is 10. The van der Waals surface area contributed by atoms with E-state index in [-0.39, 0.29) is 6.61 Å². The van der Waals surface area contributed by atoms with Crippen molar-refractivity contribution >= 4 is 0 Å². The first kappa shape index (κ1) is 17.0. The molecule has 1 rings (SSSR count). The average Bonchev–Trinajstić information content (AvgIpc) is 2.44. The van der Waals surface area contributed by atoms with Crippen LogP contribution in [-0.2, 0) is 11.3 Å². The summed E-state index contributed by atoms with van der Waals surface area (Å²) >= 11 is 0. The Morgan fingerprint density at radius 3 is 2.45 bits per heavy atom. The standard InChI is InChI=1S/C16H27NO3/c1-4-19-11-15(18)12-20-16-7-5-14(6-8-16)10-17-9-13(2)3/h5-8,13,15,17-18H,4,9-12H2,1-3H3. The van der Waals surface area contributed by atoms with Gasteiger partial charge in [-0.1, -0.05) is 26.0 Å². The molecule has 0 fully saturated rings. The van der Waals surface area contributed by atoms with Crippen molar-refractivity contribution in [1.29, 1.82) is 0 Å². The van der Waals surface area contributed by atoms with Gasteiger partial charge in [0.25, 0.3) is 0 Å². The lowest BCUT2D eigenvalue weighted by atomic mass is 10.2. The van der Waals surface area contributed by atoms with Gasteiger partial charge >= 0.3 is 0 Å². The number of aliphatic hydroxyl groups is 1. The van der Waals surface area contributed by atoms with E-state index in [1.54, 1.807) is 0 Å². The van der Waals surface area contributed by atoms with Crippen LogP contribution in [-0.4, -0.2) is 37.6 Å². The second-order valence-corrected chi connectivity index (χ2v) is 5.29. The van der Waals surface area contributed by atoms with Gasteiger partial charge in [0.15, 0.2) is 0 Å². The van der Waals surface area contributed by atoms with Crippen LogP contribution < -0.4 is 10.1 Å². The Morgan fingerprint density at radius 1 is 1.15 bits per heavy atom. The predicted octanol–water partition coefficient (Wildman–Crippen LogP) is 2.21. The van der Waals surface area contributed by atoms with E-state index in [0.717, 1.165) is 18.8 Å². The summed E-state index contributed by atoms with van der Waals surface area (Å²) in [6.07, 6.45) is -0.581. The summed E-state index contributed by atoms with van der Waals surface area (Å²) in [6, 6.07) is 7.94. The third kappa shape index (κ3) is 7.48. The zero-order valence-electron chi connectivity index (χ0n) is 12.8. The van der Waals surface area contributed by atoms with Crippen molar-refractivity contribution in [2.45, 2.75) is 33.4 Å². The Hall–Kier alpha value is -1.10. The third-order valence-electron chi connectivity index (χ3n) is 2.76. The summed E-state index contributed by atoms with van der Waals surface area (Å²) in [5.74, 6) is 1.43. The first-order valence-electron chi connectivity index (χ1n) is 7.30. The van der Waals surface area contributed by atoms with Crippen LogP contribution in [0.4, 0.5) is 0 Å². The van der Waals surface area contributed by atoms with E-state index in [4.69, 9.17) is 9.47 Å². The molecule has 20 heavy (non-hydrogen) atoms. The van der Waals surface area contributed by atoms with Crippen LogP contribution in [0, 0.1) is 5.92 Å². The van der Waals surface area contributed by atoms with Crippen molar-refractivity contribution < 1.29 is 14.6 Å². The molecular formula is C16H27NO3. The maximum Gasteiger partial charge on any atom is 0.119 e. The molecule has 0 spiro atoms. The summed E-state index contributed by atoms with van der Waals surface area (Å²) in [4.78, 5) is 0. The quantitative estimate of drug-likeness (QED) is 0.690. The highest BCUT2D eigenvalue weighted by Crippen LogP contribution is 2.12. The Kier molecular flexibility index (Phi) is 8.26. The van der Waals surface area contributed by atoms with Crippen LogP contribution in [0.2, 0.25) is 0 Å². The molecule has 0 radical (unpaired) electrons. The van der Waals surface area contributed by atoms with Crippen molar-refractivity contribution in [3.05, 3.63) is 29.8 Å². The normalized spacial score (nSPS) is 12.7. The third-order valence-corrected chi connectivity index (χ3v) is 2.76. The van der Waals surface area contributed by atoms with Crippen LogP contribution in [0.15, 0.2) is 24.3 Å². The number of aliphatic hydroxyl groups excluding tert-OH is 1. The van der Waals surface area contributed by atoms with Crippen LogP contribution in [0.5, 0.6) is 5.75 Å². The lowest BCUT2D eigenvalue weighted by molar-refractivity contribution is 0.0164. The fraction of sp³-hybridized carbons (Fsp3) is 0.625. The van der Waals surface area contributed by atoms with Gasteiger partial charge in [-0.2, -0.15) is 0 Å². The molecule has 2 N–H and O–H groups in total. The Bertz CT molecular complexity index is 351. The summed E-state index contributed by atoms with van der Waals surface area (Å²) in [7, 11) is 0. The summed E-state index contributed by atoms with van der Waals surface area (Å²) in [6.45, 7) is 9.34. The van der Waals surface area contributed by atoms with Crippen molar-refractivity contribution in [3.8, 4) is 5.75 Å². The molecule has 114 valence electrons. The largest absolute Gasteiger partial charge is 0.491 e. The molecule has 0 saturated heterocycles. The second kappa shape index (κ2) is 9.75. The van der Waals surface area contributed by atoms with Crippen molar-refractivity contribution in [2.75, 3.05) is 26.4 Å². The first-order valence-corrected chi connectivity index (χ1v) is 7.30. The fourth-order valence-electron chi connectivity index (χ4n) is 1.70. The van der Waals surface area contributed by atoms with E-state index in [9.17, 15) is 5.11 Å². The van der Waals surface area contributed by atoms with E-state index in [2.05, 4.69) is 19.2 Å². The molecule has 4 heteroatoms. The molecule has 1 atom stereocenters.